The lowest BCUT2D eigenvalue weighted by atomic mass is 10.1. The van der Waals surface area contributed by atoms with Crippen LogP contribution < -0.4 is 10.1 Å². The molecule has 1 N–H and O–H groups in total. The van der Waals surface area contributed by atoms with E-state index in [1.807, 2.05) is 18.2 Å². The first-order valence-electron chi connectivity index (χ1n) is 5.72. The monoisotopic (exact) mass is 282 g/mol. The van der Waals surface area contributed by atoms with Crippen molar-refractivity contribution in [2.45, 2.75) is 13.0 Å². The summed E-state index contributed by atoms with van der Waals surface area (Å²) in [7, 11) is 1.70. The molecule has 0 aliphatic rings. The van der Waals surface area contributed by atoms with Crippen molar-refractivity contribution in [1.82, 2.24) is 10.3 Å². The number of para-hydroxylation sites is 1. The lowest BCUT2D eigenvalue weighted by Crippen LogP contribution is -2.16. The van der Waals surface area contributed by atoms with Crippen LogP contribution in [0.5, 0.6) is 5.75 Å². The fourth-order valence-electron chi connectivity index (χ4n) is 1.70. The van der Waals surface area contributed by atoms with Crippen molar-refractivity contribution in [3.05, 3.63) is 45.4 Å². The molecule has 2 aromatic rings. The Bertz CT molecular complexity index is 501. The highest BCUT2D eigenvalue weighted by molar-refractivity contribution is 7.15. The van der Waals surface area contributed by atoms with Crippen LogP contribution in [-0.4, -0.2) is 18.6 Å². The third-order valence-electron chi connectivity index (χ3n) is 2.57. The van der Waals surface area contributed by atoms with E-state index in [2.05, 4.69) is 16.4 Å². The summed E-state index contributed by atoms with van der Waals surface area (Å²) in [5.41, 5.74) is 1.21. The van der Waals surface area contributed by atoms with Crippen LogP contribution in [0.3, 0.4) is 0 Å². The minimum absolute atomic E-state index is 0.733. The first-order valence-corrected chi connectivity index (χ1v) is 6.92. The van der Waals surface area contributed by atoms with Gasteiger partial charge in [0.2, 0.25) is 0 Å². The van der Waals surface area contributed by atoms with Crippen molar-refractivity contribution in [3.63, 3.8) is 0 Å². The van der Waals surface area contributed by atoms with Crippen LogP contribution in [-0.2, 0) is 13.0 Å². The van der Waals surface area contributed by atoms with Crippen molar-refractivity contribution in [1.29, 1.82) is 0 Å². The Labute approximate surface area is 116 Å². The molecule has 5 heteroatoms. The van der Waals surface area contributed by atoms with Crippen molar-refractivity contribution in [2.24, 2.45) is 0 Å². The smallest absolute Gasteiger partial charge is 0.122 e. The van der Waals surface area contributed by atoms with Gasteiger partial charge in [-0.15, -0.1) is 11.3 Å². The molecule has 18 heavy (non-hydrogen) atoms. The summed E-state index contributed by atoms with van der Waals surface area (Å²) in [5, 5.41) is 4.36. The van der Waals surface area contributed by atoms with Gasteiger partial charge in [-0.3, -0.25) is 0 Å². The summed E-state index contributed by atoms with van der Waals surface area (Å²) in [6.07, 6.45) is 2.62. The Morgan fingerprint density at radius 2 is 2.22 bits per heavy atom. The van der Waals surface area contributed by atoms with E-state index in [0.717, 1.165) is 34.6 Å². The Morgan fingerprint density at radius 1 is 1.39 bits per heavy atom. The average molecular weight is 283 g/mol. The number of ether oxygens (including phenoxy) is 1. The molecule has 0 atom stereocenters. The number of halogens is 1. The molecular formula is C13H15ClN2OS. The molecule has 0 saturated heterocycles. The van der Waals surface area contributed by atoms with E-state index >= 15 is 0 Å². The highest BCUT2D eigenvalue weighted by Gasteiger charge is 2.02. The lowest BCUT2D eigenvalue weighted by molar-refractivity contribution is 0.409. The maximum Gasteiger partial charge on any atom is 0.122 e. The molecule has 0 spiro atoms. The van der Waals surface area contributed by atoms with Gasteiger partial charge in [0.1, 0.15) is 15.1 Å². The fraction of sp³-hybridized carbons (Fsp3) is 0.308. The standard InChI is InChI=1S/C13H15ClN2OS/c1-17-11-5-3-2-4-10(11)6-7-15-9-13-16-8-12(14)18-13/h2-5,8,15H,6-7,9H2,1H3. The fourth-order valence-corrected chi connectivity index (χ4v) is 2.62. The average Bonchev–Trinajstić information content (AvgIpc) is 2.81. The molecule has 1 aromatic heterocycles. The first kappa shape index (κ1) is 13.3. The number of nitrogens with zero attached hydrogens (tertiary/aromatic N) is 1. The van der Waals surface area contributed by atoms with Gasteiger partial charge in [-0.25, -0.2) is 4.98 Å². The van der Waals surface area contributed by atoms with E-state index in [4.69, 9.17) is 16.3 Å². The van der Waals surface area contributed by atoms with Gasteiger partial charge in [-0.1, -0.05) is 29.8 Å². The summed E-state index contributed by atoms with van der Waals surface area (Å²) in [4.78, 5) is 4.19. The molecule has 96 valence electrons. The largest absolute Gasteiger partial charge is 0.496 e. The van der Waals surface area contributed by atoms with Crippen molar-refractivity contribution in [3.8, 4) is 5.75 Å². The SMILES string of the molecule is COc1ccccc1CCNCc1ncc(Cl)s1. The summed E-state index contributed by atoms with van der Waals surface area (Å²) in [6.45, 7) is 1.64. The molecule has 0 aliphatic heterocycles. The molecule has 0 radical (unpaired) electrons. The minimum atomic E-state index is 0.733. The third kappa shape index (κ3) is 3.70. The lowest BCUT2D eigenvalue weighted by Gasteiger charge is -2.08. The Morgan fingerprint density at radius 3 is 2.94 bits per heavy atom. The predicted octanol–water partition coefficient (Wildman–Crippen LogP) is 3.14. The number of hydrogen-bond acceptors (Lipinski definition) is 4. The molecule has 0 bridgehead atoms. The molecule has 0 fully saturated rings. The molecule has 0 unspecified atom stereocenters. The zero-order chi connectivity index (χ0) is 12.8. The molecule has 3 nitrogen and oxygen atoms in total. The summed E-state index contributed by atoms with van der Waals surface area (Å²) in [5.74, 6) is 0.941. The molecular weight excluding hydrogens is 268 g/mol. The number of aromatic nitrogens is 1. The van der Waals surface area contributed by atoms with Crippen LogP contribution in [0.25, 0.3) is 0 Å². The van der Waals surface area contributed by atoms with Gasteiger partial charge in [-0.2, -0.15) is 0 Å². The van der Waals surface area contributed by atoms with Crippen LogP contribution in [0.4, 0.5) is 0 Å². The van der Waals surface area contributed by atoms with Crippen LogP contribution in [0, 0.1) is 0 Å². The molecule has 0 amide bonds. The van der Waals surface area contributed by atoms with Crippen molar-refractivity contribution in [2.75, 3.05) is 13.7 Å². The number of hydrogen-bond donors (Lipinski definition) is 1. The molecule has 0 aliphatic carbocycles. The topological polar surface area (TPSA) is 34.1 Å². The second-order valence-corrected chi connectivity index (χ2v) is 5.54. The minimum Gasteiger partial charge on any atom is -0.496 e. The zero-order valence-electron chi connectivity index (χ0n) is 10.1. The number of benzene rings is 1. The number of nitrogens with one attached hydrogen (secondary N) is 1. The van der Waals surface area contributed by atoms with Crippen molar-refractivity contribution >= 4 is 22.9 Å². The van der Waals surface area contributed by atoms with Gasteiger partial charge in [0.15, 0.2) is 0 Å². The summed E-state index contributed by atoms with van der Waals surface area (Å²) in [6, 6.07) is 8.07. The van der Waals surface area contributed by atoms with E-state index < -0.39 is 0 Å². The number of methoxy groups -OCH3 is 1. The Balaban J connectivity index is 1.78. The molecule has 0 saturated carbocycles. The molecule has 1 heterocycles. The maximum atomic E-state index is 5.82. The van der Waals surface area contributed by atoms with Gasteiger partial charge in [-0.05, 0) is 24.6 Å². The van der Waals surface area contributed by atoms with Gasteiger partial charge in [0, 0.05) is 6.54 Å². The maximum absolute atomic E-state index is 5.82. The number of thiazole rings is 1. The van der Waals surface area contributed by atoms with E-state index in [1.165, 1.54) is 16.9 Å². The van der Waals surface area contributed by atoms with Crippen LogP contribution >= 0.6 is 22.9 Å². The second kappa shape index (κ2) is 6.73. The van der Waals surface area contributed by atoms with E-state index in [-0.39, 0.29) is 0 Å². The number of rotatable bonds is 6. The predicted molar refractivity (Wildman–Crippen MR) is 75.5 cm³/mol. The first-order chi connectivity index (χ1) is 8.79. The van der Waals surface area contributed by atoms with Gasteiger partial charge >= 0.3 is 0 Å². The van der Waals surface area contributed by atoms with Gasteiger partial charge < -0.3 is 10.1 Å². The van der Waals surface area contributed by atoms with Crippen LogP contribution in [0.1, 0.15) is 10.6 Å². The quantitative estimate of drug-likeness (QED) is 0.827. The zero-order valence-corrected chi connectivity index (χ0v) is 11.7. The summed E-state index contributed by atoms with van der Waals surface area (Å²) < 4.78 is 6.04. The van der Waals surface area contributed by atoms with Crippen LogP contribution in [0.2, 0.25) is 4.34 Å². The second-order valence-electron chi connectivity index (χ2n) is 3.80. The van der Waals surface area contributed by atoms with E-state index in [0.29, 0.717) is 0 Å². The highest BCUT2D eigenvalue weighted by Crippen LogP contribution is 2.19. The van der Waals surface area contributed by atoms with Gasteiger partial charge in [0.05, 0.1) is 13.3 Å². The normalized spacial score (nSPS) is 10.6. The van der Waals surface area contributed by atoms with Gasteiger partial charge in [0.25, 0.3) is 0 Å². The van der Waals surface area contributed by atoms with E-state index in [1.54, 1.807) is 13.3 Å². The van der Waals surface area contributed by atoms with E-state index in [9.17, 15) is 0 Å². The third-order valence-corrected chi connectivity index (χ3v) is 3.68. The van der Waals surface area contributed by atoms with Crippen molar-refractivity contribution < 1.29 is 4.74 Å². The highest BCUT2D eigenvalue weighted by atomic mass is 35.5. The Hall–Kier alpha value is -1.10. The molecule has 2 rings (SSSR count). The van der Waals surface area contributed by atoms with Crippen LogP contribution in [0.15, 0.2) is 30.5 Å². The Kier molecular flexibility index (Phi) is 4.99. The molecule has 1 aromatic carbocycles. The summed E-state index contributed by atoms with van der Waals surface area (Å²) >= 11 is 7.33.